The first kappa shape index (κ1) is 26.6. The van der Waals surface area contributed by atoms with Gasteiger partial charge < -0.3 is 9.84 Å². The molecule has 1 rings (SSSR count). The van der Waals surface area contributed by atoms with Gasteiger partial charge in [0.05, 0.1) is 7.11 Å². The second-order valence-corrected chi connectivity index (χ2v) is 10.2. The van der Waals surface area contributed by atoms with Gasteiger partial charge in [0.25, 0.3) is 0 Å². The molecule has 2 nitrogen and oxygen atoms in total. The highest BCUT2D eigenvalue weighted by atomic mass is 32.2. The summed E-state index contributed by atoms with van der Waals surface area (Å²) < 4.78 is 5.42. The van der Waals surface area contributed by atoms with Crippen LogP contribution in [0.2, 0.25) is 0 Å². The highest BCUT2D eigenvalue weighted by molar-refractivity contribution is 7.98. The van der Waals surface area contributed by atoms with E-state index in [4.69, 9.17) is 4.74 Å². The van der Waals surface area contributed by atoms with E-state index < -0.39 is 0 Å². The molecule has 0 amide bonds. The van der Waals surface area contributed by atoms with E-state index in [2.05, 4.69) is 19.9 Å². The first-order chi connectivity index (χ1) is 14.2. The monoisotopic (exact) mass is 440 g/mol. The third-order valence-electron chi connectivity index (χ3n) is 5.24. The fourth-order valence-electron chi connectivity index (χ4n) is 3.42. The van der Waals surface area contributed by atoms with E-state index in [1.807, 2.05) is 29.6 Å². The smallest absolute Gasteiger partial charge is 0.161 e. The molecule has 0 aliphatic heterocycles. The maximum absolute atomic E-state index is 10.5. The lowest BCUT2D eigenvalue weighted by Gasteiger charge is -2.12. The minimum absolute atomic E-state index is 0.326. The molecule has 1 aromatic carbocycles. The fraction of sp³-hybridized carbons (Fsp3) is 0.760. The number of phenolic OH excluding ortho intramolecular Hbond substituents is 1. The Morgan fingerprint density at radius 1 is 0.724 bits per heavy atom. The number of unbranched alkanes of at least 4 members (excludes halogenated alkanes) is 10. The Kier molecular flexibility index (Phi) is 16.8. The van der Waals surface area contributed by atoms with Crippen LogP contribution in [0.1, 0.15) is 102 Å². The molecular formula is C25H44O2S2. The van der Waals surface area contributed by atoms with Gasteiger partial charge in [-0.3, -0.25) is 0 Å². The van der Waals surface area contributed by atoms with Crippen molar-refractivity contribution in [1.82, 2.24) is 0 Å². The number of rotatable bonds is 19. The lowest BCUT2D eigenvalue weighted by atomic mass is 10.1. The number of methoxy groups -OCH3 is 1. The standard InChI is InChI=1S/C25H44O2S2/c1-4-6-8-10-12-14-16-28-20-22-18-23(25(26)24(19-22)27-3)21-29-17-15-13-11-9-7-5-2/h18-19,26H,4-17,20-21H2,1-3H3. The quantitative estimate of drug-likeness (QED) is 0.218. The molecule has 168 valence electrons. The van der Waals surface area contributed by atoms with Crippen LogP contribution in [-0.2, 0) is 11.5 Å². The highest BCUT2D eigenvalue weighted by Crippen LogP contribution is 2.35. The molecule has 0 spiro atoms. The van der Waals surface area contributed by atoms with Gasteiger partial charge in [-0.1, -0.05) is 84.1 Å². The van der Waals surface area contributed by atoms with E-state index in [0.717, 1.165) is 17.1 Å². The van der Waals surface area contributed by atoms with E-state index in [0.29, 0.717) is 11.5 Å². The van der Waals surface area contributed by atoms with Gasteiger partial charge in [0.1, 0.15) is 0 Å². The predicted molar refractivity (Wildman–Crippen MR) is 134 cm³/mol. The Bertz CT molecular complexity index is 520. The van der Waals surface area contributed by atoms with Crippen LogP contribution < -0.4 is 4.74 Å². The van der Waals surface area contributed by atoms with Crippen LogP contribution in [0, 0.1) is 0 Å². The normalized spacial score (nSPS) is 11.1. The Balaban J connectivity index is 2.33. The molecule has 0 unspecified atom stereocenters. The van der Waals surface area contributed by atoms with Crippen molar-refractivity contribution in [3.63, 3.8) is 0 Å². The topological polar surface area (TPSA) is 29.5 Å². The second kappa shape index (κ2) is 18.3. The molecule has 0 heterocycles. The van der Waals surface area contributed by atoms with E-state index in [1.54, 1.807) is 7.11 Å². The lowest BCUT2D eigenvalue weighted by molar-refractivity contribution is 0.371. The third kappa shape index (κ3) is 12.7. The zero-order valence-corrected chi connectivity index (χ0v) is 20.8. The number of thioether (sulfide) groups is 2. The van der Waals surface area contributed by atoms with E-state index in [1.165, 1.54) is 94.1 Å². The number of hydrogen-bond donors (Lipinski definition) is 1. The first-order valence-electron chi connectivity index (χ1n) is 11.8. The number of hydrogen-bond acceptors (Lipinski definition) is 4. The van der Waals surface area contributed by atoms with Crippen LogP contribution in [0.4, 0.5) is 0 Å². The summed E-state index contributed by atoms with van der Waals surface area (Å²) in [5.41, 5.74) is 2.29. The van der Waals surface area contributed by atoms with Crippen LogP contribution in [0.3, 0.4) is 0 Å². The van der Waals surface area contributed by atoms with E-state index >= 15 is 0 Å². The lowest BCUT2D eigenvalue weighted by Crippen LogP contribution is -1.94. The molecule has 0 fully saturated rings. The van der Waals surface area contributed by atoms with Crippen molar-refractivity contribution in [2.75, 3.05) is 18.6 Å². The zero-order chi connectivity index (χ0) is 21.2. The van der Waals surface area contributed by atoms with E-state index in [-0.39, 0.29) is 0 Å². The minimum atomic E-state index is 0.326. The fourth-order valence-corrected chi connectivity index (χ4v) is 5.37. The summed E-state index contributed by atoms with van der Waals surface area (Å²) in [5.74, 6) is 5.21. The molecule has 4 heteroatoms. The zero-order valence-electron chi connectivity index (χ0n) is 19.1. The van der Waals surface area contributed by atoms with Crippen LogP contribution in [0.15, 0.2) is 12.1 Å². The summed E-state index contributed by atoms with van der Waals surface area (Å²) in [5, 5.41) is 10.5. The molecule has 1 N–H and O–H groups in total. The maximum atomic E-state index is 10.5. The van der Waals surface area contributed by atoms with Crippen molar-refractivity contribution in [2.45, 2.75) is 102 Å². The summed E-state index contributed by atoms with van der Waals surface area (Å²) >= 11 is 3.93. The minimum Gasteiger partial charge on any atom is -0.504 e. The SMILES string of the molecule is CCCCCCCCSCc1cc(CSCCCCCCCC)c(O)c(OC)c1. The van der Waals surface area contributed by atoms with Gasteiger partial charge in [-0.05, 0) is 36.0 Å². The molecular weight excluding hydrogens is 396 g/mol. The molecule has 0 saturated heterocycles. The van der Waals surface area contributed by atoms with Crippen molar-refractivity contribution in [3.05, 3.63) is 23.3 Å². The molecule has 0 aliphatic carbocycles. The summed E-state index contributed by atoms with van der Waals surface area (Å²) in [4.78, 5) is 0. The Morgan fingerprint density at radius 2 is 1.24 bits per heavy atom. The summed E-state index contributed by atoms with van der Waals surface area (Å²) in [6, 6.07) is 4.19. The highest BCUT2D eigenvalue weighted by Gasteiger charge is 2.11. The van der Waals surface area contributed by atoms with Crippen LogP contribution >= 0.6 is 23.5 Å². The predicted octanol–water partition coefficient (Wildman–Crippen LogP) is 8.59. The molecule has 0 bridgehead atoms. The molecule has 0 aliphatic rings. The number of aromatic hydroxyl groups is 1. The van der Waals surface area contributed by atoms with Crippen LogP contribution in [0.25, 0.3) is 0 Å². The Labute approximate surface area is 189 Å². The van der Waals surface area contributed by atoms with Gasteiger partial charge in [0.15, 0.2) is 11.5 Å². The van der Waals surface area contributed by atoms with Gasteiger partial charge in [-0.2, -0.15) is 23.5 Å². The molecule has 0 aromatic heterocycles. The van der Waals surface area contributed by atoms with Crippen molar-refractivity contribution in [3.8, 4) is 11.5 Å². The third-order valence-corrected chi connectivity index (χ3v) is 7.45. The van der Waals surface area contributed by atoms with Gasteiger partial charge in [0.2, 0.25) is 0 Å². The average molecular weight is 441 g/mol. The van der Waals surface area contributed by atoms with Crippen molar-refractivity contribution < 1.29 is 9.84 Å². The van der Waals surface area contributed by atoms with Gasteiger partial charge >= 0.3 is 0 Å². The molecule has 29 heavy (non-hydrogen) atoms. The van der Waals surface area contributed by atoms with Gasteiger partial charge in [-0.25, -0.2) is 0 Å². The number of benzene rings is 1. The van der Waals surface area contributed by atoms with E-state index in [9.17, 15) is 5.11 Å². The average Bonchev–Trinajstić information content (AvgIpc) is 2.73. The van der Waals surface area contributed by atoms with Crippen LogP contribution in [0.5, 0.6) is 11.5 Å². The maximum Gasteiger partial charge on any atom is 0.161 e. The summed E-state index contributed by atoms with van der Waals surface area (Å²) in [7, 11) is 1.65. The molecule has 0 saturated carbocycles. The number of phenols is 1. The Hall–Kier alpha value is -0.480. The van der Waals surface area contributed by atoms with Crippen molar-refractivity contribution in [1.29, 1.82) is 0 Å². The van der Waals surface area contributed by atoms with Crippen LogP contribution in [-0.4, -0.2) is 23.7 Å². The molecule has 0 atom stereocenters. The largest absolute Gasteiger partial charge is 0.504 e. The molecule has 1 aromatic rings. The Morgan fingerprint density at radius 3 is 1.79 bits per heavy atom. The summed E-state index contributed by atoms with van der Waals surface area (Å²) in [6.45, 7) is 4.53. The first-order valence-corrected chi connectivity index (χ1v) is 14.1. The van der Waals surface area contributed by atoms with Crippen molar-refractivity contribution >= 4 is 23.5 Å². The van der Waals surface area contributed by atoms with Gasteiger partial charge in [-0.15, -0.1) is 0 Å². The number of ether oxygens (including phenoxy) is 1. The van der Waals surface area contributed by atoms with Crippen molar-refractivity contribution in [2.24, 2.45) is 0 Å². The summed E-state index contributed by atoms with van der Waals surface area (Å²) in [6.07, 6.45) is 16.1. The molecule has 0 radical (unpaired) electrons. The van der Waals surface area contributed by atoms with Gasteiger partial charge in [0, 0.05) is 17.1 Å². The second-order valence-electron chi connectivity index (χ2n) is 7.95.